The molecule has 0 amide bonds. The fourth-order valence-electron chi connectivity index (χ4n) is 2.85. The molecule has 1 aromatic carbocycles. The molecule has 0 heterocycles. The molecule has 1 aliphatic rings. The number of nitrogens with two attached hydrogens (primary N) is 1. The van der Waals surface area contributed by atoms with E-state index in [0.717, 1.165) is 12.5 Å². The van der Waals surface area contributed by atoms with E-state index in [-0.39, 0.29) is 11.5 Å². The Morgan fingerprint density at radius 2 is 1.81 bits per heavy atom. The van der Waals surface area contributed by atoms with E-state index in [1.807, 2.05) is 0 Å². The molecule has 1 fully saturated rings. The van der Waals surface area contributed by atoms with Gasteiger partial charge in [-0.05, 0) is 48.3 Å². The predicted molar refractivity (Wildman–Crippen MR) is 91.5 cm³/mol. The molecule has 2 heteroatoms. The molecule has 0 radical (unpaired) electrons. The first kappa shape index (κ1) is 16.5. The summed E-state index contributed by atoms with van der Waals surface area (Å²) in [7, 11) is 0. The highest BCUT2D eigenvalue weighted by Crippen LogP contribution is 2.30. The summed E-state index contributed by atoms with van der Waals surface area (Å²) in [6.45, 7) is 12.4. The van der Waals surface area contributed by atoms with Crippen LogP contribution in [0.2, 0.25) is 0 Å². The Bertz CT molecular complexity index is 426. The van der Waals surface area contributed by atoms with Crippen molar-refractivity contribution in [1.82, 2.24) is 4.90 Å². The number of rotatable bonds is 7. The van der Waals surface area contributed by atoms with Gasteiger partial charge in [0.05, 0.1) is 0 Å². The summed E-state index contributed by atoms with van der Waals surface area (Å²) < 4.78 is 0. The number of benzene rings is 1. The van der Waals surface area contributed by atoms with E-state index < -0.39 is 0 Å². The van der Waals surface area contributed by atoms with Crippen LogP contribution in [-0.2, 0) is 5.41 Å². The van der Waals surface area contributed by atoms with Gasteiger partial charge in [0.15, 0.2) is 0 Å². The summed E-state index contributed by atoms with van der Waals surface area (Å²) in [5.74, 6) is 0.937. The van der Waals surface area contributed by atoms with Crippen LogP contribution in [0.15, 0.2) is 24.3 Å². The highest BCUT2D eigenvalue weighted by atomic mass is 15.1. The van der Waals surface area contributed by atoms with Gasteiger partial charge in [0, 0.05) is 19.1 Å². The Morgan fingerprint density at radius 3 is 2.29 bits per heavy atom. The van der Waals surface area contributed by atoms with Crippen LogP contribution in [0.5, 0.6) is 0 Å². The maximum absolute atomic E-state index is 6.44. The van der Waals surface area contributed by atoms with Crippen molar-refractivity contribution >= 4 is 0 Å². The molecule has 1 atom stereocenters. The molecule has 0 spiro atoms. The Balaban J connectivity index is 1.95. The van der Waals surface area contributed by atoms with Crippen LogP contribution in [0.3, 0.4) is 0 Å². The molecule has 0 saturated heterocycles. The van der Waals surface area contributed by atoms with E-state index in [9.17, 15) is 0 Å². The van der Waals surface area contributed by atoms with Crippen LogP contribution in [0.4, 0.5) is 0 Å². The fraction of sp³-hybridized carbons (Fsp3) is 0.684. The topological polar surface area (TPSA) is 29.3 Å². The third-order valence-electron chi connectivity index (χ3n) is 4.41. The minimum atomic E-state index is 0.129. The smallest absolute Gasteiger partial charge is 0.0424 e. The standard InChI is InChI=1S/C19H32N2/c1-5-12-21(13-15-6-7-15)14-18(20)16-8-10-17(11-9-16)19(2,3)4/h8-11,15,18H,5-7,12-14,20H2,1-4H3. The third-order valence-corrected chi connectivity index (χ3v) is 4.41. The second kappa shape index (κ2) is 6.93. The summed E-state index contributed by atoms with van der Waals surface area (Å²) in [4.78, 5) is 2.56. The van der Waals surface area contributed by atoms with Crippen molar-refractivity contribution in [2.45, 2.75) is 58.4 Å². The highest BCUT2D eigenvalue weighted by molar-refractivity contribution is 5.29. The zero-order valence-corrected chi connectivity index (χ0v) is 14.2. The second-order valence-corrected chi connectivity index (χ2v) is 7.68. The molecule has 2 N–H and O–H groups in total. The quantitative estimate of drug-likeness (QED) is 0.818. The zero-order chi connectivity index (χ0) is 15.5. The van der Waals surface area contributed by atoms with Crippen molar-refractivity contribution in [1.29, 1.82) is 0 Å². The molecule has 0 bridgehead atoms. The van der Waals surface area contributed by atoms with Gasteiger partial charge in [-0.1, -0.05) is 52.0 Å². The van der Waals surface area contributed by atoms with Gasteiger partial charge in [-0.2, -0.15) is 0 Å². The van der Waals surface area contributed by atoms with E-state index in [1.54, 1.807) is 0 Å². The van der Waals surface area contributed by atoms with Crippen molar-refractivity contribution in [3.8, 4) is 0 Å². The average Bonchev–Trinajstić information content (AvgIpc) is 3.22. The summed E-state index contributed by atoms with van der Waals surface area (Å²) in [6, 6.07) is 9.03. The molecule has 0 aliphatic heterocycles. The predicted octanol–water partition coefficient (Wildman–Crippen LogP) is 4.11. The summed E-state index contributed by atoms with van der Waals surface area (Å²) in [5, 5.41) is 0. The maximum Gasteiger partial charge on any atom is 0.0424 e. The molecular weight excluding hydrogens is 256 g/mol. The Labute approximate surface area is 130 Å². The summed E-state index contributed by atoms with van der Waals surface area (Å²) >= 11 is 0. The van der Waals surface area contributed by atoms with Gasteiger partial charge in [0.2, 0.25) is 0 Å². The lowest BCUT2D eigenvalue weighted by Gasteiger charge is -2.26. The Hall–Kier alpha value is -0.860. The van der Waals surface area contributed by atoms with Crippen LogP contribution in [0, 0.1) is 5.92 Å². The maximum atomic E-state index is 6.44. The molecule has 1 unspecified atom stereocenters. The SMILES string of the molecule is CCCN(CC1CC1)CC(N)c1ccc(C(C)(C)C)cc1. The lowest BCUT2D eigenvalue weighted by Crippen LogP contribution is -2.34. The molecule has 1 saturated carbocycles. The van der Waals surface area contributed by atoms with Gasteiger partial charge in [-0.15, -0.1) is 0 Å². The van der Waals surface area contributed by atoms with E-state index in [4.69, 9.17) is 5.73 Å². The minimum Gasteiger partial charge on any atom is -0.323 e. The van der Waals surface area contributed by atoms with E-state index in [0.29, 0.717) is 0 Å². The highest BCUT2D eigenvalue weighted by Gasteiger charge is 2.25. The van der Waals surface area contributed by atoms with Crippen LogP contribution >= 0.6 is 0 Å². The largest absolute Gasteiger partial charge is 0.323 e. The lowest BCUT2D eigenvalue weighted by molar-refractivity contribution is 0.248. The molecule has 0 aromatic heterocycles. The van der Waals surface area contributed by atoms with Crippen LogP contribution in [0.25, 0.3) is 0 Å². The molecular formula is C19H32N2. The third kappa shape index (κ3) is 5.12. The average molecular weight is 288 g/mol. The van der Waals surface area contributed by atoms with Crippen LogP contribution < -0.4 is 5.73 Å². The van der Waals surface area contributed by atoms with Gasteiger partial charge in [0.1, 0.15) is 0 Å². The Kier molecular flexibility index (Phi) is 5.45. The first-order chi connectivity index (χ1) is 9.90. The van der Waals surface area contributed by atoms with Crippen molar-refractivity contribution in [2.75, 3.05) is 19.6 Å². The molecule has 21 heavy (non-hydrogen) atoms. The Morgan fingerprint density at radius 1 is 1.19 bits per heavy atom. The fourth-order valence-corrected chi connectivity index (χ4v) is 2.85. The monoisotopic (exact) mass is 288 g/mol. The van der Waals surface area contributed by atoms with Gasteiger partial charge < -0.3 is 10.6 Å². The zero-order valence-electron chi connectivity index (χ0n) is 14.2. The van der Waals surface area contributed by atoms with Crippen molar-refractivity contribution in [2.24, 2.45) is 11.7 Å². The van der Waals surface area contributed by atoms with Crippen molar-refractivity contribution < 1.29 is 0 Å². The first-order valence-electron chi connectivity index (χ1n) is 8.48. The summed E-state index contributed by atoms with van der Waals surface area (Å²) in [6.07, 6.45) is 4.04. The molecule has 2 nitrogen and oxygen atoms in total. The van der Waals surface area contributed by atoms with Crippen LogP contribution in [0.1, 0.15) is 64.1 Å². The van der Waals surface area contributed by atoms with Gasteiger partial charge in [-0.25, -0.2) is 0 Å². The van der Waals surface area contributed by atoms with Crippen molar-refractivity contribution in [3.63, 3.8) is 0 Å². The van der Waals surface area contributed by atoms with Gasteiger partial charge in [-0.3, -0.25) is 0 Å². The minimum absolute atomic E-state index is 0.129. The molecule has 1 aromatic rings. The van der Waals surface area contributed by atoms with Crippen molar-refractivity contribution in [3.05, 3.63) is 35.4 Å². The van der Waals surface area contributed by atoms with E-state index in [2.05, 4.69) is 56.9 Å². The second-order valence-electron chi connectivity index (χ2n) is 7.68. The molecule has 2 rings (SSSR count). The van der Waals surface area contributed by atoms with E-state index in [1.165, 1.54) is 43.5 Å². The van der Waals surface area contributed by atoms with Crippen LogP contribution in [-0.4, -0.2) is 24.5 Å². The summed E-state index contributed by atoms with van der Waals surface area (Å²) in [5.41, 5.74) is 9.29. The van der Waals surface area contributed by atoms with Gasteiger partial charge in [0.25, 0.3) is 0 Å². The number of nitrogens with zero attached hydrogens (tertiary/aromatic N) is 1. The number of hydrogen-bond acceptors (Lipinski definition) is 2. The first-order valence-corrected chi connectivity index (χ1v) is 8.48. The molecule has 118 valence electrons. The van der Waals surface area contributed by atoms with Gasteiger partial charge >= 0.3 is 0 Å². The normalized spacial score (nSPS) is 17.2. The van der Waals surface area contributed by atoms with E-state index >= 15 is 0 Å². The molecule has 1 aliphatic carbocycles. The lowest BCUT2D eigenvalue weighted by atomic mass is 9.86. The number of hydrogen-bond donors (Lipinski definition) is 1.